The van der Waals surface area contributed by atoms with Crippen LogP contribution in [0.25, 0.3) is 0 Å². The number of aromatic amines is 1. The summed E-state index contributed by atoms with van der Waals surface area (Å²) >= 11 is 0. The normalized spacial score (nSPS) is 16.6. The van der Waals surface area contributed by atoms with Crippen LogP contribution in [0.1, 0.15) is 25.3 Å². The maximum Gasteiger partial charge on any atom is 0.257 e. The van der Waals surface area contributed by atoms with Crippen LogP contribution < -0.4 is 21.5 Å². The predicted octanol–water partition coefficient (Wildman–Crippen LogP) is 0.104. The molecule has 1 aromatic rings. The molecule has 1 fully saturated rings. The zero-order chi connectivity index (χ0) is 13.0. The maximum atomic E-state index is 12.0. The Balaban J connectivity index is 2.26. The molecule has 0 amide bonds. The number of rotatable bonds is 3. The average molecular weight is 251 g/mol. The van der Waals surface area contributed by atoms with Gasteiger partial charge in [-0.3, -0.25) is 9.78 Å². The molecule has 0 radical (unpaired) electrons. The number of aromatic nitrogens is 2. The number of nitrogens with zero attached hydrogens (tertiary/aromatic N) is 2. The molecular formula is C12H21N5O. The van der Waals surface area contributed by atoms with E-state index in [0.29, 0.717) is 23.8 Å². The fourth-order valence-electron chi connectivity index (χ4n) is 2.20. The van der Waals surface area contributed by atoms with Crippen molar-refractivity contribution in [2.75, 3.05) is 36.8 Å². The van der Waals surface area contributed by atoms with E-state index in [1.165, 1.54) is 0 Å². The van der Waals surface area contributed by atoms with Gasteiger partial charge in [-0.1, -0.05) is 13.3 Å². The van der Waals surface area contributed by atoms with Gasteiger partial charge in [0.1, 0.15) is 5.82 Å². The minimum Gasteiger partial charge on any atom is -0.383 e. The lowest BCUT2D eigenvalue weighted by Crippen LogP contribution is -2.32. The van der Waals surface area contributed by atoms with Crippen molar-refractivity contribution in [2.45, 2.75) is 26.2 Å². The third-order valence-electron chi connectivity index (χ3n) is 3.17. The predicted molar refractivity (Wildman–Crippen MR) is 73.0 cm³/mol. The van der Waals surface area contributed by atoms with Gasteiger partial charge < -0.3 is 16.0 Å². The molecule has 6 nitrogen and oxygen atoms in total. The molecule has 2 rings (SSSR count). The van der Waals surface area contributed by atoms with Gasteiger partial charge in [-0.05, 0) is 19.4 Å². The Morgan fingerprint density at radius 2 is 2.22 bits per heavy atom. The minimum atomic E-state index is -0.100. The van der Waals surface area contributed by atoms with E-state index in [1.54, 1.807) is 0 Å². The zero-order valence-corrected chi connectivity index (χ0v) is 10.8. The third-order valence-corrected chi connectivity index (χ3v) is 3.17. The smallest absolute Gasteiger partial charge is 0.257 e. The van der Waals surface area contributed by atoms with E-state index >= 15 is 0 Å². The molecule has 0 atom stereocenters. The van der Waals surface area contributed by atoms with Crippen molar-refractivity contribution in [1.82, 2.24) is 15.3 Å². The number of hydrogen-bond acceptors (Lipinski definition) is 5. The van der Waals surface area contributed by atoms with Crippen LogP contribution in [-0.2, 0) is 6.42 Å². The average Bonchev–Trinajstić information content (AvgIpc) is 2.62. The lowest BCUT2D eigenvalue weighted by molar-refractivity contribution is 0.724. The summed E-state index contributed by atoms with van der Waals surface area (Å²) in [7, 11) is 0. The Morgan fingerprint density at radius 3 is 2.94 bits per heavy atom. The van der Waals surface area contributed by atoms with Gasteiger partial charge in [0, 0.05) is 19.6 Å². The van der Waals surface area contributed by atoms with E-state index in [0.717, 1.165) is 39.0 Å². The van der Waals surface area contributed by atoms with Crippen LogP contribution in [0.3, 0.4) is 0 Å². The van der Waals surface area contributed by atoms with Crippen molar-refractivity contribution in [2.24, 2.45) is 0 Å². The summed E-state index contributed by atoms with van der Waals surface area (Å²) in [4.78, 5) is 21.2. The number of hydrogen-bond donors (Lipinski definition) is 3. The topological polar surface area (TPSA) is 87.0 Å². The molecule has 1 aliphatic heterocycles. The molecule has 18 heavy (non-hydrogen) atoms. The molecule has 100 valence electrons. The molecule has 6 heteroatoms. The number of H-pyrrole nitrogens is 1. The Labute approximate surface area is 107 Å². The van der Waals surface area contributed by atoms with Gasteiger partial charge in [-0.15, -0.1) is 0 Å². The summed E-state index contributed by atoms with van der Waals surface area (Å²) in [5, 5.41) is 3.32. The van der Waals surface area contributed by atoms with Crippen molar-refractivity contribution < 1.29 is 0 Å². The molecule has 0 aliphatic carbocycles. The SMILES string of the molecule is CCCc1c(N)nc(N2CCCNCC2)[nH]c1=O. The second kappa shape index (κ2) is 5.86. The molecule has 0 unspecified atom stereocenters. The standard InChI is InChI=1S/C12H21N5O/c1-2-4-9-10(13)15-12(16-11(9)18)17-7-3-5-14-6-8-17/h14H,2-8H2,1H3,(H3,13,15,16,18). The first kappa shape index (κ1) is 12.9. The van der Waals surface area contributed by atoms with E-state index in [9.17, 15) is 4.79 Å². The Kier molecular flexibility index (Phi) is 4.19. The van der Waals surface area contributed by atoms with E-state index in [-0.39, 0.29) is 5.56 Å². The molecular weight excluding hydrogens is 230 g/mol. The first-order valence-corrected chi connectivity index (χ1v) is 6.56. The van der Waals surface area contributed by atoms with Crippen LogP contribution in [0.2, 0.25) is 0 Å². The lowest BCUT2D eigenvalue weighted by atomic mass is 10.2. The highest BCUT2D eigenvalue weighted by atomic mass is 16.1. The largest absolute Gasteiger partial charge is 0.383 e. The summed E-state index contributed by atoms with van der Waals surface area (Å²) < 4.78 is 0. The molecule has 2 heterocycles. The van der Waals surface area contributed by atoms with E-state index in [1.807, 2.05) is 6.92 Å². The first-order valence-electron chi connectivity index (χ1n) is 6.56. The summed E-state index contributed by atoms with van der Waals surface area (Å²) in [5.74, 6) is 0.967. The number of nitrogens with two attached hydrogens (primary N) is 1. The summed E-state index contributed by atoms with van der Waals surface area (Å²) in [6, 6.07) is 0. The van der Waals surface area contributed by atoms with E-state index in [4.69, 9.17) is 5.73 Å². The minimum absolute atomic E-state index is 0.100. The summed E-state index contributed by atoms with van der Waals surface area (Å²) in [5.41, 5.74) is 6.39. The number of nitrogens with one attached hydrogen (secondary N) is 2. The second-order valence-electron chi connectivity index (χ2n) is 4.59. The van der Waals surface area contributed by atoms with Crippen molar-refractivity contribution in [3.63, 3.8) is 0 Å². The van der Waals surface area contributed by atoms with E-state index < -0.39 is 0 Å². The van der Waals surface area contributed by atoms with Crippen LogP contribution in [0.15, 0.2) is 4.79 Å². The fraction of sp³-hybridized carbons (Fsp3) is 0.667. The van der Waals surface area contributed by atoms with Crippen LogP contribution in [-0.4, -0.2) is 36.1 Å². The molecule has 0 saturated carbocycles. The van der Waals surface area contributed by atoms with Crippen molar-refractivity contribution in [3.05, 3.63) is 15.9 Å². The van der Waals surface area contributed by atoms with Crippen molar-refractivity contribution in [1.29, 1.82) is 0 Å². The van der Waals surface area contributed by atoms with Crippen LogP contribution in [0, 0.1) is 0 Å². The third kappa shape index (κ3) is 2.81. The highest BCUT2D eigenvalue weighted by Crippen LogP contribution is 2.12. The van der Waals surface area contributed by atoms with Crippen LogP contribution in [0.4, 0.5) is 11.8 Å². The number of nitrogen functional groups attached to an aromatic ring is 1. The van der Waals surface area contributed by atoms with Crippen LogP contribution in [0.5, 0.6) is 0 Å². The highest BCUT2D eigenvalue weighted by molar-refractivity contribution is 5.44. The van der Waals surface area contributed by atoms with Gasteiger partial charge in [-0.2, -0.15) is 4.98 Å². The molecule has 1 aromatic heterocycles. The van der Waals surface area contributed by atoms with E-state index in [2.05, 4.69) is 20.2 Å². The first-order chi connectivity index (χ1) is 8.72. The van der Waals surface area contributed by atoms with Gasteiger partial charge in [-0.25, -0.2) is 0 Å². The lowest BCUT2D eigenvalue weighted by Gasteiger charge is -2.20. The fourth-order valence-corrected chi connectivity index (χ4v) is 2.20. The van der Waals surface area contributed by atoms with Gasteiger partial charge in [0.15, 0.2) is 0 Å². The zero-order valence-electron chi connectivity index (χ0n) is 10.8. The molecule has 0 aromatic carbocycles. The number of anilines is 2. The summed E-state index contributed by atoms with van der Waals surface area (Å²) in [6.07, 6.45) is 2.61. The monoisotopic (exact) mass is 251 g/mol. The van der Waals surface area contributed by atoms with Gasteiger partial charge in [0.2, 0.25) is 5.95 Å². The molecule has 0 bridgehead atoms. The quantitative estimate of drug-likeness (QED) is 0.709. The Bertz CT molecular complexity index is 448. The second-order valence-corrected chi connectivity index (χ2v) is 4.59. The van der Waals surface area contributed by atoms with Crippen molar-refractivity contribution >= 4 is 11.8 Å². The van der Waals surface area contributed by atoms with Crippen LogP contribution >= 0.6 is 0 Å². The Morgan fingerprint density at radius 1 is 1.39 bits per heavy atom. The Hall–Kier alpha value is -1.56. The molecule has 1 saturated heterocycles. The molecule has 4 N–H and O–H groups in total. The highest BCUT2D eigenvalue weighted by Gasteiger charge is 2.14. The summed E-state index contributed by atoms with van der Waals surface area (Å²) in [6.45, 7) is 5.66. The van der Waals surface area contributed by atoms with Crippen molar-refractivity contribution in [3.8, 4) is 0 Å². The molecule has 1 aliphatic rings. The molecule has 0 spiro atoms. The maximum absolute atomic E-state index is 12.0. The van der Waals surface area contributed by atoms with Gasteiger partial charge in [0.25, 0.3) is 5.56 Å². The van der Waals surface area contributed by atoms with Gasteiger partial charge in [0.05, 0.1) is 5.56 Å². The van der Waals surface area contributed by atoms with Gasteiger partial charge >= 0.3 is 0 Å².